The second kappa shape index (κ2) is 5.59. The van der Waals surface area contributed by atoms with Gasteiger partial charge in [0.25, 0.3) is 0 Å². The van der Waals surface area contributed by atoms with Crippen LogP contribution >= 0.6 is 0 Å². The summed E-state index contributed by atoms with van der Waals surface area (Å²) in [6, 6.07) is 7.34. The molecule has 0 fully saturated rings. The lowest BCUT2D eigenvalue weighted by Gasteiger charge is -2.35. The molecule has 4 N–H and O–H groups in total. The maximum absolute atomic E-state index is 12.2. The Labute approximate surface area is 144 Å². The Bertz CT molecular complexity index is 1050. The number of rotatable bonds is 3. The molecule has 130 valence electrons. The fraction of sp³-hybridized carbons (Fsp3) is 0.267. The van der Waals surface area contributed by atoms with Gasteiger partial charge in [-0.3, -0.25) is 9.40 Å². The highest BCUT2D eigenvalue weighted by Crippen LogP contribution is 2.30. The van der Waals surface area contributed by atoms with Crippen molar-refractivity contribution in [3.63, 3.8) is 0 Å². The highest BCUT2D eigenvalue weighted by atomic mass is 32.2. The van der Waals surface area contributed by atoms with Crippen molar-refractivity contribution >= 4 is 38.5 Å². The smallest absolute Gasteiger partial charge is 0.232 e. The van der Waals surface area contributed by atoms with Crippen molar-refractivity contribution in [3.8, 4) is 0 Å². The molecule has 0 saturated heterocycles. The zero-order valence-electron chi connectivity index (χ0n) is 13.5. The van der Waals surface area contributed by atoms with Gasteiger partial charge in [0, 0.05) is 0 Å². The van der Waals surface area contributed by atoms with Crippen molar-refractivity contribution in [2.24, 2.45) is 0 Å². The van der Waals surface area contributed by atoms with Crippen molar-refractivity contribution in [1.29, 1.82) is 0 Å². The van der Waals surface area contributed by atoms with E-state index in [9.17, 15) is 8.42 Å². The first kappa shape index (κ1) is 15.6. The topological polar surface area (TPSA) is 130 Å². The maximum atomic E-state index is 12.2. The average molecular weight is 359 g/mol. The minimum atomic E-state index is -3.39. The van der Waals surface area contributed by atoms with E-state index in [1.54, 1.807) is 6.20 Å². The molecule has 0 bridgehead atoms. The highest BCUT2D eigenvalue weighted by molar-refractivity contribution is 7.92. The molecule has 25 heavy (non-hydrogen) atoms. The quantitative estimate of drug-likeness (QED) is 0.629. The van der Waals surface area contributed by atoms with Gasteiger partial charge >= 0.3 is 0 Å². The van der Waals surface area contributed by atoms with Gasteiger partial charge in [-0.2, -0.15) is 15.1 Å². The number of para-hydroxylation sites is 1. The Kier molecular flexibility index (Phi) is 3.49. The molecule has 1 aliphatic heterocycles. The molecule has 0 aliphatic carbocycles. The van der Waals surface area contributed by atoms with Crippen LogP contribution in [-0.4, -0.2) is 47.4 Å². The van der Waals surface area contributed by atoms with Gasteiger partial charge in [0.1, 0.15) is 5.82 Å². The molecule has 0 amide bonds. The lowest BCUT2D eigenvalue weighted by molar-refractivity contribution is 0.586. The van der Waals surface area contributed by atoms with Crippen LogP contribution in [0.5, 0.6) is 0 Å². The summed E-state index contributed by atoms with van der Waals surface area (Å²) in [5.74, 6) is 0.657. The number of fused-ring (bicyclic) bond motifs is 2. The van der Waals surface area contributed by atoms with Gasteiger partial charge in [-0.25, -0.2) is 8.42 Å². The first-order chi connectivity index (χ1) is 11.9. The molecule has 3 heterocycles. The Balaban J connectivity index is 1.71. The highest BCUT2D eigenvalue weighted by Gasteiger charge is 2.30. The second-order valence-electron chi connectivity index (χ2n) is 6.03. The van der Waals surface area contributed by atoms with E-state index in [1.807, 2.05) is 24.3 Å². The van der Waals surface area contributed by atoms with Crippen LogP contribution in [0.4, 0.5) is 17.5 Å². The molecule has 0 radical (unpaired) electrons. The molecule has 0 saturated carbocycles. The Hall–Kier alpha value is -2.88. The first-order valence-electron chi connectivity index (χ1n) is 7.70. The van der Waals surface area contributed by atoms with E-state index in [2.05, 4.69) is 25.5 Å². The molecule has 1 aromatic carbocycles. The third-order valence-electron chi connectivity index (χ3n) is 4.18. The lowest BCUT2D eigenvalue weighted by atomic mass is 9.99. The molecule has 1 unspecified atom stereocenters. The van der Waals surface area contributed by atoms with E-state index in [-0.39, 0.29) is 12.0 Å². The van der Waals surface area contributed by atoms with Crippen molar-refractivity contribution in [2.45, 2.75) is 12.5 Å². The number of anilines is 3. The first-order valence-corrected chi connectivity index (χ1v) is 9.55. The molecule has 0 spiro atoms. The van der Waals surface area contributed by atoms with Crippen LogP contribution in [0, 0.1) is 0 Å². The number of H-pyrrole nitrogens is 1. The van der Waals surface area contributed by atoms with Crippen molar-refractivity contribution in [2.75, 3.05) is 28.2 Å². The summed E-state index contributed by atoms with van der Waals surface area (Å²) in [6.45, 7) is 0.305. The number of aromatic nitrogens is 4. The molecule has 1 atom stereocenters. The zero-order valence-corrected chi connectivity index (χ0v) is 14.3. The van der Waals surface area contributed by atoms with Gasteiger partial charge < -0.3 is 11.1 Å². The monoisotopic (exact) mass is 359 g/mol. The van der Waals surface area contributed by atoms with Gasteiger partial charge in [0.05, 0.1) is 36.1 Å². The molecule has 10 heteroatoms. The van der Waals surface area contributed by atoms with Crippen molar-refractivity contribution < 1.29 is 8.42 Å². The number of nitrogens with zero attached hydrogens (tertiary/aromatic N) is 4. The predicted molar refractivity (Wildman–Crippen MR) is 95.8 cm³/mol. The number of sulfonamides is 1. The molecule has 9 nitrogen and oxygen atoms in total. The van der Waals surface area contributed by atoms with E-state index in [0.29, 0.717) is 29.8 Å². The SMILES string of the molecule is CS(=O)(=O)N1CC(Nc2nc(N)nc3[nH]ncc23)Cc2ccccc21. The van der Waals surface area contributed by atoms with Crippen molar-refractivity contribution in [3.05, 3.63) is 36.0 Å². The summed E-state index contributed by atoms with van der Waals surface area (Å²) in [6.07, 6.45) is 3.50. The number of nitrogens with one attached hydrogen (secondary N) is 2. The third kappa shape index (κ3) is 2.84. The molecular formula is C15H17N7O2S. The summed E-state index contributed by atoms with van der Waals surface area (Å²) in [5.41, 5.74) is 7.96. The number of benzene rings is 1. The number of nitrogens with two attached hydrogens (primary N) is 1. The fourth-order valence-electron chi connectivity index (χ4n) is 3.12. The van der Waals surface area contributed by atoms with E-state index in [4.69, 9.17) is 5.73 Å². The molecule has 2 aromatic heterocycles. The molecular weight excluding hydrogens is 342 g/mol. The Morgan fingerprint density at radius 1 is 1.32 bits per heavy atom. The van der Waals surface area contributed by atoms with E-state index < -0.39 is 10.0 Å². The summed E-state index contributed by atoms with van der Waals surface area (Å²) in [7, 11) is -3.39. The van der Waals surface area contributed by atoms with Crippen molar-refractivity contribution in [1.82, 2.24) is 20.2 Å². The van der Waals surface area contributed by atoms with E-state index >= 15 is 0 Å². The maximum Gasteiger partial charge on any atom is 0.232 e. The summed E-state index contributed by atoms with van der Waals surface area (Å²) in [5, 5.41) is 10.7. The largest absolute Gasteiger partial charge is 0.368 e. The van der Waals surface area contributed by atoms with Crippen LogP contribution in [0.1, 0.15) is 5.56 Å². The van der Waals surface area contributed by atoms with Crippen LogP contribution in [-0.2, 0) is 16.4 Å². The number of hydrogen-bond donors (Lipinski definition) is 3. The molecule has 4 rings (SSSR count). The van der Waals surface area contributed by atoms with Crippen LogP contribution < -0.4 is 15.4 Å². The minimum absolute atomic E-state index is 0.121. The number of hydrogen-bond acceptors (Lipinski definition) is 7. The normalized spacial score (nSPS) is 17.5. The number of nitrogen functional groups attached to an aromatic ring is 1. The summed E-state index contributed by atoms with van der Waals surface area (Å²) >= 11 is 0. The molecule has 3 aromatic rings. The van der Waals surface area contributed by atoms with Crippen LogP contribution in [0.2, 0.25) is 0 Å². The summed E-state index contributed by atoms with van der Waals surface area (Å²) < 4.78 is 25.8. The zero-order chi connectivity index (χ0) is 17.6. The van der Waals surface area contributed by atoms with E-state index in [0.717, 1.165) is 11.3 Å². The Morgan fingerprint density at radius 3 is 2.92 bits per heavy atom. The number of aromatic amines is 1. The van der Waals surface area contributed by atoms with Crippen LogP contribution in [0.15, 0.2) is 30.5 Å². The Morgan fingerprint density at radius 2 is 2.12 bits per heavy atom. The lowest BCUT2D eigenvalue weighted by Crippen LogP contribution is -2.45. The third-order valence-corrected chi connectivity index (χ3v) is 5.33. The van der Waals surface area contributed by atoms with Gasteiger partial charge in [0.15, 0.2) is 5.65 Å². The molecule has 1 aliphatic rings. The van der Waals surface area contributed by atoms with Gasteiger partial charge in [0.2, 0.25) is 16.0 Å². The van der Waals surface area contributed by atoms with Gasteiger partial charge in [-0.05, 0) is 18.1 Å². The average Bonchev–Trinajstić information content (AvgIpc) is 3.01. The van der Waals surface area contributed by atoms with Gasteiger partial charge in [-0.1, -0.05) is 18.2 Å². The van der Waals surface area contributed by atoms with E-state index in [1.165, 1.54) is 10.6 Å². The second-order valence-corrected chi connectivity index (χ2v) is 7.94. The fourth-order valence-corrected chi connectivity index (χ4v) is 4.11. The summed E-state index contributed by atoms with van der Waals surface area (Å²) in [4.78, 5) is 8.32. The van der Waals surface area contributed by atoms with Gasteiger partial charge in [-0.15, -0.1) is 0 Å². The standard InChI is InChI=1S/C15H17N7O2S/c1-25(23,24)22-8-10(6-9-4-2-3-5-12(9)22)18-13-11-7-17-21-14(11)20-15(16)19-13/h2-5,7,10H,6,8H2,1H3,(H4,16,17,18,19,20,21). The minimum Gasteiger partial charge on any atom is -0.368 e. The predicted octanol–water partition coefficient (Wildman–Crippen LogP) is 0.738. The van der Waals surface area contributed by atoms with Crippen LogP contribution in [0.25, 0.3) is 11.0 Å². The van der Waals surface area contributed by atoms with Crippen LogP contribution in [0.3, 0.4) is 0 Å².